The summed E-state index contributed by atoms with van der Waals surface area (Å²) in [6, 6.07) is 0. The van der Waals surface area contributed by atoms with E-state index in [2.05, 4.69) is 71.9 Å². The molecule has 0 spiro atoms. The highest BCUT2D eigenvalue weighted by molar-refractivity contribution is 6.03. The summed E-state index contributed by atoms with van der Waals surface area (Å²) in [6.45, 7) is 20.6. The summed E-state index contributed by atoms with van der Waals surface area (Å²) in [5, 5.41) is 10.1. The van der Waals surface area contributed by atoms with E-state index in [1.54, 1.807) is 12.2 Å². The predicted octanol–water partition coefficient (Wildman–Crippen LogP) is 9.93. The van der Waals surface area contributed by atoms with Gasteiger partial charge in [-0.2, -0.15) is 0 Å². The van der Waals surface area contributed by atoms with Crippen molar-refractivity contribution in [3.05, 3.63) is 130 Å². The van der Waals surface area contributed by atoms with Gasteiger partial charge in [-0.15, -0.1) is 0 Å². The van der Waals surface area contributed by atoms with E-state index in [-0.39, 0.29) is 28.5 Å². The number of rotatable bonds is 10. The van der Waals surface area contributed by atoms with Crippen LogP contribution in [-0.2, 0) is 9.59 Å². The second-order valence-corrected chi connectivity index (χ2v) is 13.4. The summed E-state index contributed by atoms with van der Waals surface area (Å²) < 4.78 is 0. The van der Waals surface area contributed by atoms with Crippen LogP contribution < -0.4 is 0 Å². The molecule has 0 aromatic carbocycles. The van der Waals surface area contributed by atoms with Crippen LogP contribution in [0.2, 0.25) is 0 Å². The van der Waals surface area contributed by atoms with Crippen molar-refractivity contribution in [3.63, 3.8) is 0 Å². The Labute approximate surface area is 260 Å². The van der Waals surface area contributed by atoms with Crippen LogP contribution in [0.15, 0.2) is 130 Å². The van der Waals surface area contributed by atoms with E-state index in [9.17, 15) is 14.7 Å². The van der Waals surface area contributed by atoms with E-state index in [0.29, 0.717) is 12.0 Å². The first-order valence-electron chi connectivity index (χ1n) is 15.3. The Morgan fingerprint density at radius 2 is 1.42 bits per heavy atom. The SMILES string of the molecule is CC1=CC(=O)CC(C)(C)/C1=C/C=C(C)/C=C/C(=O)/C(C)=C/C=C/C=C(C)/C=C/C=C(C)/C=C/C1=C(C)C[C@@H](O)CC1(C)C. The van der Waals surface area contributed by atoms with Crippen molar-refractivity contribution in [1.29, 1.82) is 0 Å². The molecule has 1 N–H and O–H groups in total. The Balaban J connectivity index is 1.95. The number of ketones is 2. The molecule has 0 radical (unpaired) electrons. The number of hydrogen-bond acceptors (Lipinski definition) is 3. The van der Waals surface area contributed by atoms with Crippen LogP contribution in [0.5, 0.6) is 0 Å². The Kier molecular flexibility index (Phi) is 13.1. The van der Waals surface area contributed by atoms with Gasteiger partial charge in [0.15, 0.2) is 11.6 Å². The number of aliphatic hydroxyl groups is 1. The van der Waals surface area contributed by atoms with E-state index in [0.717, 1.165) is 40.7 Å². The van der Waals surface area contributed by atoms with Gasteiger partial charge < -0.3 is 5.11 Å². The van der Waals surface area contributed by atoms with Gasteiger partial charge in [-0.05, 0) is 99.7 Å². The molecule has 230 valence electrons. The number of aliphatic hydroxyl groups excluding tert-OH is 1. The first-order valence-corrected chi connectivity index (χ1v) is 15.3. The molecule has 0 aromatic heterocycles. The largest absolute Gasteiger partial charge is 0.393 e. The molecule has 2 aliphatic rings. The van der Waals surface area contributed by atoms with Gasteiger partial charge in [0, 0.05) is 6.42 Å². The third-order valence-corrected chi connectivity index (χ3v) is 8.07. The maximum Gasteiger partial charge on any atom is 0.181 e. The summed E-state index contributed by atoms with van der Waals surface area (Å²) in [5.74, 6) is 0.142. The van der Waals surface area contributed by atoms with Crippen molar-refractivity contribution in [3.8, 4) is 0 Å². The highest BCUT2D eigenvalue weighted by Crippen LogP contribution is 2.41. The number of hydrogen-bond donors (Lipinski definition) is 1. The van der Waals surface area contributed by atoms with Gasteiger partial charge in [-0.1, -0.05) is 123 Å². The standard InChI is InChI=1S/C40H52O3/c1-28(15-13-16-29(2)18-21-36-32(5)24-34(41)26-39(36,7)8)14-11-12-17-31(4)38(43)23-20-30(3)19-22-37-33(6)25-35(42)27-40(37,9)10/h11-23,25,34,41H,24,26-27H2,1-10H3/b12-11+,15-13+,21-18+,23-20+,28-14+,29-16+,30-19+,31-17+,37-22+/t34-/m1/s1. The first kappa shape index (κ1) is 35.6. The lowest BCUT2D eigenvalue weighted by Crippen LogP contribution is -2.28. The molecule has 0 aliphatic heterocycles. The average Bonchev–Trinajstić information content (AvgIpc) is 2.87. The van der Waals surface area contributed by atoms with Crippen LogP contribution in [0.4, 0.5) is 0 Å². The van der Waals surface area contributed by atoms with Gasteiger partial charge in [-0.25, -0.2) is 0 Å². The van der Waals surface area contributed by atoms with Gasteiger partial charge in [-0.3, -0.25) is 9.59 Å². The minimum atomic E-state index is -0.246. The topological polar surface area (TPSA) is 54.4 Å². The minimum Gasteiger partial charge on any atom is -0.393 e. The fraction of sp³-hybridized carbons (Fsp3) is 0.400. The molecule has 0 heterocycles. The van der Waals surface area contributed by atoms with E-state index in [4.69, 9.17) is 0 Å². The molecular formula is C40H52O3. The Bertz CT molecular complexity index is 1420. The van der Waals surface area contributed by atoms with Gasteiger partial charge in [0.25, 0.3) is 0 Å². The molecule has 3 nitrogen and oxygen atoms in total. The van der Waals surface area contributed by atoms with E-state index in [1.165, 1.54) is 11.1 Å². The van der Waals surface area contributed by atoms with E-state index < -0.39 is 0 Å². The predicted molar refractivity (Wildman–Crippen MR) is 184 cm³/mol. The Morgan fingerprint density at radius 1 is 0.814 bits per heavy atom. The summed E-state index contributed by atoms with van der Waals surface area (Å²) >= 11 is 0. The highest BCUT2D eigenvalue weighted by atomic mass is 16.3. The molecule has 0 fully saturated rings. The molecule has 0 saturated heterocycles. The highest BCUT2D eigenvalue weighted by Gasteiger charge is 2.31. The molecule has 43 heavy (non-hydrogen) atoms. The second-order valence-electron chi connectivity index (χ2n) is 13.4. The third-order valence-electron chi connectivity index (χ3n) is 8.07. The van der Waals surface area contributed by atoms with Crippen LogP contribution in [0, 0.1) is 10.8 Å². The maximum atomic E-state index is 12.6. The van der Waals surface area contributed by atoms with Crippen LogP contribution >= 0.6 is 0 Å². The lowest BCUT2D eigenvalue weighted by molar-refractivity contribution is -0.116. The van der Waals surface area contributed by atoms with Crippen LogP contribution in [-0.4, -0.2) is 22.8 Å². The second kappa shape index (κ2) is 15.8. The summed E-state index contributed by atoms with van der Waals surface area (Å²) in [5.41, 5.74) is 8.44. The molecular weight excluding hydrogens is 528 g/mol. The number of carbonyl (C=O) groups excluding carboxylic acids is 2. The average molecular weight is 581 g/mol. The van der Waals surface area contributed by atoms with Crippen LogP contribution in [0.1, 0.15) is 88.5 Å². The van der Waals surface area contributed by atoms with Crippen molar-refractivity contribution in [1.82, 2.24) is 0 Å². The van der Waals surface area contributed by atoms with Gasteiger partial charge in [0.1, 0.15) is 0 Å². The van der Waals surface area contributed by atoms with Gasteiger partial charge in [0.2, 0.25) is 0 Å². The minimum absolute atomic E-state index is 0.0186. The van der Waals surface area contributed by atoms with Crippen molar-refractivity contribution in [2.45, 2.75) is 94.6 Å². The Hall–Kier alpha value is -3.56. The zero-order valence-corrected chi connectivity index (χ0v) is 28.0. The summed E-state index contributed by atoms with van der Waals surface area (Å²) in [7, 11) is 0. The fourth-order valence-corrected chi connectivity index (χ4v) is 5.75. The number of allylic oxidation sites excluding steroid dienone is 21. The maximum absolute atomic E-state index is 12.6. The van der Waals surface area contributed by atoms with E-state index in [1.807, 2.05) is 70.2 Å². The third kappa shape index (κ3) is 11.6. The lowest BCUT2D eigenvalue weighted by atomic mass is 9.71. The van der Waals surface area contributed by atoms with Crippen molar-refractivity contribution < 1.29 is 14.7 Å². The summed E-state index contributed by atoms with van der Waals surface area (Å²) in [6.07, 6.45) is 29.2. The van der Waals surface area contributed by atoms with Gasteiger partial charge >= 0.3 is 0 Å². The van der Waals surface area contributed by atoms with Gasteiger partial charge in [0.05, 0.1) is 6.10 Å². The molecule has 3 heteroatoms. The first-order chi connectivity index (χ1) is 20.0. The molecule has 0 unspecified atom stereocenters. The van der Waals surface area contributed by atoms with Crippen molar-refractivity contribution >= 4 is 11.6 Å². The smallest absolute Gasteiger partial charge is 0.181 e. The number of carbonyl (C=O) groups is 2. The molecule has 0 aromatic rings. The molecule has 2 rings (SSSR count). The Morgan fingerprint density at radius 3 is 2.07 bits per heavy atom. The molecule has 0 bridgehead atoms. The summed E-state index contributed by atoms with van der Waals surface area (Å²) in [4.78, 5) is 24.5. The van der Waals surface area contributed by atoms with Crippen LogP contribution in [0.25, 0.3) is 0 Å². The quantitative estimate of drug-likeness (QED) is 0.207. The zero-order valence-electron chi connectivity index (χ0n) is 28.0. The molecule has 0 amide bonds. The van der Waals surface area contributed by atoms with Crippen molar-refractivity contribution in [2.75, 3.05) is 0 Å². The monoisotopic (exact) mass is 580 g/mol. The van der Waals surface area contributed by atoms with E-state index >= 15 is 0 Å². The molecule has 0 saturated carbocycles. The molecule has 1 atom stereocenters. The lowest BCUT2D eigenvalue weighted by Gasteiger charge is -2.35. The fourth-order valence-electron chi connectivity index (χ4n) is 5.75. The zero-order chi connectivity index (χ0) is 32.4. The van der Waals surface area contributed by atoms with Crippen molar-refractivity contribution in [2.24, 2.45) is 10.8 Å². The normalized spacial score (nSPS) is 23.5. The molecule has 2 aliphatic carbocycles. The van der Waals surface area contributed by atoms with Crippen LogP contribution in [0.3, 0.4) is 0 Å².